The summed E-state index contributed by atoms with van der Waals surface area (Å²) in [6.07, 6.45) is 7.15. The molecule has 0 bridgehead atoms. The van der Waals surface area contributed by atoms with Gasteiger partial charge in [0.1, 0.15) is 29.9 Å². The Labute approximate surface area is 321 Å². The number of hydrogen-bond donors (Lipinski definition) is 3. The number of carbonyl (C=O) groups excluding carboxylic acids is 3. The third-order valence-electron chi connectivity index (χ3n) is 11.2. The van der Waals surface area contributed by atoms with Crippen molar-refractivity contribution in [2.45, 2.75) is 55.3 Å². The highest BCUT2D eigenvalue weighted by atomic mass is 16.6. The topological polar surface area (TPSA) is 117 Å². The molecule has 1 spiro atoms. The van der Waals surface area contributed by atoms with Crippen LogP contribution in [0.5, 0.6) is 5.75 Å². The lowest BCUT2D eigenvalue weighted by Gasteiger charge is -2.46. The van der Waals surface area contributed by atoms with Crippen molar-refractivity contribution in [2.24, 2.45) is 5.92 Å². The highest BCUT2D eigenvalue weighted by molar-refractivity contribution is 6.12. The molecular formula is C46H43N3O6. The van der Waals surface area contributed by atoms with E-state index in [1.807, 2.05) is 102 Å². The Kier molecular flexibility index (Phi) is 10.1. The van der Waals surface area contributed by atoms with E-state index in [2.05, 4.69) is 35.1 Å². The fourth-order valence-corrected chi connectivity index (χ4v) is 9.00. The molecule has 0 aromatic heterocycles. The monoisotopic (exact) mass is 733 g/mol. The molecule has 0 saturated carbocycles. The molecule has 6 atom stereocenters. The van der Waals surface area contributed by atoms with Crippen LogP contribution in [0.15, 0.2) is 127 Å². The number of hydrogen-bond acceptors (Lipinski definition) is 7. The minimum Gasteiger partial charge on any atom is -0.491 e. The molecule has 3 N–H and O–H groups in total. The fraction of sp³-hybridized carbons (Fsp3) is 0.283. The number of aliphatic hydroxyl groups is 1. The van der Waals surface area contributed by atoms with Crippen molar-refractivity contribution < 1.29 is 29.0 Å². The van der Waals surface area contributed by atoms with E-state index < -0.39 is 53.3 Å². The molecule has 4 aliphatic rings. The summed E-state index contributed by atoms with van der Waals surface area (Å²) in [5.74, 6) is 4.46. The summed E-state index contributed by atoms with van der Waals surface area (Å²) < 4.78 is 12.4. The van der Waals surface area contributed by atoms with E-state index in [4.69, 9.17) is 9.47 Å². The largest absolute Gasteiger partial charge is 0.491 e. The summed E-state index contributed by atoms with van der Waals surface area (Å²) in [5, 5.41) is 15.7. The molecule has 2 saturated heterocycles. The van der Waals surface area contributed by atoms with E-state index >= 15 is 4.79 Å². The fourth-order valence-electron chi connectivity index (χ4n) is 9.00. The molecule has 3 heterocycles. The summed E-state index contributed by atoms with van der Waals surface area (Å²) in [6.45, 7) is 3.82. The lowest BCUT2D eigenvalue weighted by atomic mass is 9.65. The van der Waals surface area contributed by atoms with Gasteiger partial charge < -0.3 is 25.2 Å². The number of rotatable bonds is 9. The van der Waals surface area contributed by atoms with Crippen LogP contribution in [-0.4, -0.2) is 53.6 Å². The van der Waals surface area contributed by atoms with Crippen LogP contribution >= 0.6 is 0 Å². The number of cyclic esters (lactones) is 1. The van der Waals surface area contributed by atoms with Crippen molar-refractivity contribution in [2.75, 3.05) is 25.1 Å². The number of nitrogens with one attached hydrogen (secondary N) is 2. The van der Waals surface area contributed by atoms with Gasteiger partial charge in [-0.2, -0.15) is 0 Å². The highest BCUT2D eigenvalue weighted by Gasteiger charge is 2.74. The Balaban J connectivity index is 1.41. The number of allylic oxidation sites excluding steroid dienone is 2. The molecule has 2 amide bonds. The number of esters is 1. The third-order valence-corrected chi connectivity index (χ3v) is 11.2. The van der Waals surface area contributed by atoms with Gasteiger partial charge in [0.05, 0.1) is 24.6 Å². The molecule has 9 heteroatoms. The number of ether oxygens (including phenoxy) is 2. The van der Waals surface area contributed by atoms with Crippen LogP contribution < -0.4 is 15.4 Å². The summed E-state index contributed by atoms with van der Waals surface area (Å²) in [4.78, 5) is 47.0. The second-order valence-corrected chi connectivity index (χ2v) is 14.4. The van der Waals surface area contributed by atoms with Crippen LogP contribution in [0.3, 0.4) is 0 Å². The first kappa shape index (κ1) is 36.0. The summed E-state index contributed by atoms with van der Waals surface area (Å²) in [6, 6.07) is 29.7. The molecule has 2 fully saturated rings. The normalized spacial score (nSPS) is 25.4. The van der Waals surface area contributed by atoms with E-state index in [1.54, 1.807) is 12.1 Å². The maximum atomic E-state index is 15.2. The van der Waals surface area contributed by atoms with Gasteiger partial charge in [0.25, 0.3) is 0 Å². The summed E-state index contributed by atoms with van der Waals surface area (Å²) in [5.41, 5.74) is 3.57. The molecule has 9 nitrogen and oxygen atoms in total. The van der Waals surface area contributed by atoms with Crippen LogP contribution in [0, 0.1) is 17.8 Å². The maximum Gasteiger partial charge on any atom is 0.324 e. The van der Waals surface area contributed by atoms with Gasteiger partial charge in [-0.25, -0.2) is 0 Å². The lowest BCUT2D eigenvalue weighted by molar-refractivity contribution is -0.178. The Morgan fingerprint density at radius 2 is 1.71 bits per heavy atom. The van der Waals surface area contributed by atoms with E-state index in [0.29, 0.717) is 28.1 Å². The molecule has 6 unspecified atom stereocenters. The molecule has 3 aliphatic heterocycles. The molecule has 4 aromatic carbocycles. The van der Waals surface area contributed by atoms with Crippen LogP contribution in [0.25, 0.3) is 0 Å². The average Bonchev–Trinajstić information content (AvgIpc) is 3.71. The Morgan fingerprint density at radius 1 is 0.945 bits per heavy atom. The van der Waals surface area contributed by atoms with Crippen LogP contribution in [-0.2, 0) is 24.5 Å². The van der Waals surface area contributed by atoms with Crippen molar-refractivity contribution in [3.8, 4) is 17.6 Å². The molecule has 4 aromatic rings. The summed E-state index contributed by atoms with van der Waals surface area (Å²) in [7, 11) is 0. The van der Waals surface area contributed by atoms with Crippen LogP contribution in [0.1, 0.15) is 71.7 Å². The molecular weight excluding hydrogens is 691 g/mol. The number of nitrogens with zero attached hydrogens (tertiary/aromatic N) is 1. The van der Waals surface area contributed by atoms with E-state index in [1.165, 1.54) is 0 Å². The zero-order valence-electron chi connectivity index (χ0n) is 30.4. The zero-order valence-corrected chi connectivity index (χ0v) is 30.4. The number of carbonyl (C=O) groups is 3. The van der Waals surface area contributed by atoms with E-state index in [0.717, 1.165) is 42.4 Å². The van der Waals surface area contributed by atoms with Gasteiger partial charge in [-0.05, 0) is 83.8 Å². The van der Waals surface area contributed by atoms with E-state index in [9.17, 15) is 14.7 Å². The predicted octanol–water partition coefficient (Wildman–Crippen LogP) is 6.48. The second kappa shape index (κ2) is 15.4. The van der Waals surface area contributed by atoms with Gasteiger partial charge in [0.2, 0.25) is 11.8 Å². The number of morpholine rings is 1. The number of amides is 2. The molecule has 0 radical (unpaired) electrons. The van der Waals surface area contributed by atoms with Crippen molar-refractivity contribution in [1.82, 2.24) is 10.2 Å². The maximum absolute atomic E-state index is 15.2. The van der Waals surface area contributed by atoms with Crippen molar-refractivity contribution >= 4 is 23.5 Å². The lowest BCUT2D eigenvalue weighted by Crippen LogP contribution is -2.54. The number of anilines is 1. The van der Waals surface area contributed by atoms with Gasteiger partial charge in [-0.1, -0.05) is 96.8 Å². The van der Waals surface area contributed by atoms with Crippen LogP contribution in [0.2, 0.25) is 0 Å². The first-order valence-corrected chi connectivity index (χ1v) is 18.9. The zero-order chi connectivity index (χ0) is 37.9. The Morgan fingerprint density at radius 3 is 2.44 bits per heavy atom. The smallest absolute Gasteiger partial charge is 0.324 e. The molecule has 1 aliphatic carbocycles. The quantitative estimate of drug-likeness (QED) is 0.102. The van der Waals surface area contributed by atoms with Gasteiger partial charge in [0, 0.05) is 17.8 Å². The SMILES string of the molecule is C=CCNC(=O)C1C2C(=O)OC(c3ccccc3)C(c3ccccc3)N2C(c2cccc(OCCO)c2)C12C(=O)Nc1ccc(C#CC3=CCCCC3)cc12. The Hall–Kier alpha value is -5.95. The molecule has 278 valence electrons. The first-order valence-electron chi connectivity index (χ1n) is 18.9. The standard InChI is InChI=1S/C46H43N3O6/c1-2-25-47-43(51)38-40-44(52)55-41(33-17-10-5-11-18-33)39(32-15-8-4-9-16-32)49(40)42(34-19-12-20-35(29-34)54-27-26-50)46(38)36-28-31(23-24-37(36)48-45(46)53)22-21-30-13-6-3-7-14-30/h2,4-5,8-13,15-20,23-24,28-29,38-42,50H,1,3,6-7,14,25-27H2,(H,47,51)(H,48,53). The van der Waals surface area contributed by atoms with Crippen molar-refractivity contribution in [3.63, 3.8) is 0 Å². The van der Waals surface area contributed by atoms with Gasteiger partial charge in [-0.3, -0.25) is 19.3 Å². The number of fused-ring (bicyclic) bond motifs is 3. The second-order valence-electron chi connectivity index (χ2n) is 14.4. The van der Waals surface area contributed by atoms with Crippen LogP contribution in [0.4, 0.5) is 5.69 Å². The van der Waals surface area contributed by atoms with Gasteiger partial charge in [-0.15, -0.1) is 6.58 Å². The van der Waals surface area contributed by atoms with Gasteiger partial charge >= 0.3 is 5.97 Å². The Bertz CT molecular complexity index is 2210. The minimum atomic E-state index is -1.64. The van der Waals surface area contributed by atoms with Crippen molar-refractivity contribution in [3.05, 3.63) is 155 Å². The molecule has 55 heavy (non-hydrogen) atoms. The predicted molar refractivity (Wildman–Crippen MR) is 209 cm³/mol. The van der Waals surface area contributed by atoms with Gasteiger partial charge in [0.15, 0.2) is 0 Å². The first-order chi connectivity index (χ1) is 26.9. The van der Waals surface area contributed by atoms with Crippen molar-refractivity contribution in [1.29, 1.82) is 0 Å². The number of benzene rings is 4. The third kappa shape index (κ3) is 6.41. The van der Waals surface area contributed by atoms with E-state index in [-0.39, 0.29) is 19.8 Å². The minimum absolute atomic E-state index is 0.0645. The summed E-state index contributed by atoms with van der Waals surface area (Å²) >= 11 is 0. The number of aliphatic hydroxyl groups excluding tert-OH is 1. The molecule has 8 rings (SSSR count). The highest BCUT2D eigenvalue weighted by Crippen LogP contribution is 2.65. The average molecular weight is 734 g/mol.